The summed E-state index contributed by atoms with van der Waals surface area (Å²) in [6.45, 7) is 4.38. The summed E-state index contributed by atoms with van der Waals surface area (Å²) in [6, 6.07) is 5.41. The number of allylic oxidation sites excluding steroid dienone is 1. The van der Waals surface area contributed by atoms with Crippen LogP contribution in [0.1, 0.15) is 12.8 Å². The van der Waals surface area contributed by atoms with Crippen LogP contribution in [-0.2, 0) is 15.6 Å². The van der Waals surface area contributed by atoms with E-state index in [0.717, 1.165) is 18.4 Å². The van der Waals surface area contributed by atoms with Crippen LogP contribution < -0.4 is 4.74 Å². The summed E-state index contributed by atoms with van der Waals surface area (Å²) in [7, 11) is 3.22. The normalized spacial score (nSPS) is 11.7. The molecule has 0 fully saturated rings. The second-order valence-electron chi connectivity index (χ2n) is 4.41. The molecule has 0 unspecified atom stereocenters. The molecule has 108 valence electrons. The van der Waals surface area contributed by atoms with Gasteiger partial charge in [0.15, 0.2) is 0 Å². The van der Waals surface area contributed by atoms with Crippen LogP contribution in [0.25, 0.3) is 10.9 Å². The van der Waals surface area contributed by atoms with Crippen molar-refractivity contribution in [2.45, 2.75) is 24.3 Å². The van der Waals surface area contributed by atoms with Crippen molar-refractivity contribution in [1.82, 2.24) is 4.57 Å². The van der Waals surface area contributed by atoms with Gasteiger partial charge in [-0.15, -0.1) is 6.58 Å². The molecule has 0 atom stereocenters. The lowest BCUT2D eigenvalue weighted by Gasteiger charge is -2.05. The Morgan fingerprint density at radius 2 is 2.20 bits per heavy atom. The number of aryl methyl sites for hydroxylation is 1. The molecule has 0 N–H and O–H groups in total. The number of halogens is 1. The summed E-state index contributed by atoms with van der Waals surface area (Å²) in [6.07, 6.45) is 5.16. The molecule has 1 heterocycles. The van der Waals surface area contributed by atoms with Gasteiger partial charge in [-0.25, -0.2) is 8.42 Å². The van der Waals surface area contributed by atoms with Gasteiger partial charge in [-0.3, -0.25) is 0 Å². The van der Waals surface area contributed by atoms with E-state index >= 15 is 0 Å². The van der Waals surface area contributed by atoms with Gasteiger partial charge < -0.3 is 9.30 Å². The number of rotatable bonds is 6. The molecule has 0 aliphatic heterocycles. The van der Waals surface area contributed by atoms with E-state index in [9.17, 15) is 8.42 Å². The zero-order valence-corrected chi connectivity index (χ0v) is 12.7. The van der Waals surface area contributed by atoms with Gasteiger partial charge in [-0.2, -0.15) is 0 Å². The van der Waals surface area contributed by atoms with E-state index in [4.69, 9.17) is 15.4 Å². The molecule has 0 aliphatic carbocycles. The number of methoxy groups -OCH3 is 1. The Bertz CT molecular complexity index is 734. The lowest BCUT2D eigenvalue weighted by molar-refractivity contribution is 0.419. The van der Waals surface area contributed by atoms with E-state index in [-0.39, 0.29) is 4.90 Å². The number of nitrogens with zero attached hydrogens (tertiary/aromatic N) is 1. The largest absolute Gasteiger partial charge is 0.496 e. The number of hydrogen-bond donors (Lipinski definition) is 0. The third-order valence-electron chi connectivity index (χ3n) is 3.12. The van der Waals surface area contributed by atoms with Gasteiger partial charge in [0.05, 0.1) is 18.0 Å². The first-order valence-electron chi connectivity index (χ1n) is 6.20. The van der Waals surface area contributed by atoms with Crippen LogP contribution in [-0.4, -0.2) is 20.1 Å². The molecule has 6 heteroatoms. The standard InChI is InChI=1S/C14H16ClNO3S/c1-3-4-5-9-16-10-13(20(15,17)18)14-11(16)7-6-8-12(14)19-2/h3,6-8,10H,1,4-5,9H2,2H3. The van der Waals surface area contributed by atoms with Crippen molar-refractivity contribution in [3.63, 3.8) is 0 Å². The van der Waals surface area contributed by atoms with E-state index in [1.54, 1.807) is 12.3 Å². The molecule has 0 saturated carbocycles. The van der Waals surface area contributed by atoms with Crippen molar-refractivity contribution in [3.05, 3.63) is 37.1 Å². The first-order valence-corrected chi connectivity index (χ1v) is 8.51. The average Bonchev–Trinajstić information content (AvgIpc) is 2.78. The molecule has 20 heavy (non-hydrogen) atoms. The third kappa shape index (κ3) is 2.83. The molecule has 4 nitrogen and oxygen atoms in total. The zero-order chi connectivity index (χ0) is 14.8. The van der Waals surface area contributed by atoms with Crippen molar-refractivity contribution in [3.8, 4) is 5.75 Å². The minimum Gasteiger partial charge on any atom is -0.496 e. The summed E-state index contributed by atoms with van der Waals surface area (Å²) in [5.74, 6) is 0.504. The molecule has 2 rings (SSSR count). The minimum atomic E-state index is -3.82. The summed E-state index contributed by atoms with van der Waals surface area (Å²) in [5.41, 5.74) is 0.799. The smallest absolute Gasteiger partial charge is 0.263 e. The topological polar surface area (TPSA) is 48.3 Å². The highest BCUT2D eigenvalue weighted by atomic mass is 35.7. The molecule has 0 radical (unpaired) electrons. The molecule has 0 amide bonds. The average molecular weight is 314 g/mol. The van der Waals surface area contributed by atoms with Crippen LogP contribution in [0.15, 0.2) is 41.9 Å². The number of ether oxygens (including phenoxy) is 1. The highest BCUT2D eigenvalue weighted by molar-refractivity contribution is 8.14. The van der Waals surface area contributed by atoms with Crippen molar-refractivity contribution >= 4 is 30.6 Å². The van der Waals surface area contributed by atoms with Gasteiger partial charge in [0.1, 0.15) is 10.6 Å². The van der Waals surface area contributed by atoms with E-state index in [1.807, 2.05) is 22.8 Å². The number of aromatic nitrogens is 1. The van der Waals surface area contributed by atoms with E-state index < -0.39 is 9.05 Å². The number of benzene rings is 1. The minimum absolute atomic E-state index is 0.0882. The number of unbranched alkanes of at least 4 members (excludes halogenated alkanes) is 1. The first-order chi connectivity index (χ1) is 9.49. The molecular weight excluding hydrogens is 298 g/mol. The van der Waals surface area contributed by atoms with Gasteiger partial charge in [-0.05, 0) is 25.0 Å². The molecule has 0 saturated heterocycles. The maximum absolute atomic E-state index is 11.7. The third-order valence-corrected chi connectivity index (χ3v) is 4.46. The summed E-state index contributed by atoms with van der Waals surface area (Å²) in [5, 5.41) is 0.531. The predicted molar refractivity (Wildman–Crippen MR) is 81.0 cm³/mol. The Kier molecular flexibility index (Phi) is 4.40. The van der Waals surface area contributed by atoms with E-state index in [2.05, 4.69) is 6.58 Å². The van der Waals surface area contributed by atoms with Gasteiger partial charge in [0, 0.05) is 23.4 Å². The fourth-order valence-electron chi connectivity index (χ4n) is 2.23. The van der Waals surface area contributed by atoms with Gasteiger partial charge >= 0.3 is 0 Å². The van der Waals surface area contributed by atoms with Crippen molar-refractivity contribution in [2.24, 2.45) is 0 Å². The van der Waals surface area contributed by atoms with Crippen LogP contribution in [0.2, 0.25) is 0 Å². The number of hydrogen-bond acceptors (Lipinski definition) is 3. The quantitative estimate of drug-likeness (QED) is 0.465. The molecule has 0 aliphatic rings. The van der Waals surface area contributed by atoms with Crippen molar-refractivity contribution < 1.29 is 13.2 Å². The van der Waals surface area contributed by atoms with E-state index in [0.29, 0.717) is 17.7 Å². The first kappa shape index (κ1) is 14.9. The lowest BCUT2D eigenvalue weighted by Crippen LogP contribution is -1.95. The summed E-state index contributed by atoms with van der Waals surface area (Å²) < 4.78 is 30.6. The van der Waals surface area contributed by atoms with Crippen molar-refractivity contribution in [1.29, 1.82) is 0 Å². The highest BCUT2D eigenvalue weighted by Crippen LogP contribution is 2.35. The van der Waals surface area contributed by atoms with Crippen LogP contribution in [0.3, 0.4) is 0 Å². The van der Waals surface area contributed by atoms with Crippen molar-refractivity contribution in [2.75, 3.05) is 7.11 Å². The Morgan fingerprint density at radius 1 is 1.45 bits per heavy atom. The fraction of sp³-hybridized carbons (Fsp3) is 0.286. The maximum atomic E-state index is 11.7. The second-order valence-corrected chi connectivity index (χ2v) is 6.94. The molecule has 1 aromatic heterocycles. The fourth-order valence-corrected chi connectivity index (χ4v) is 3.28. The second kappa shape index (κ2) is 5.89. The summed E-state index contributed by atoms with van der Waals surface area (Å²) in [4.78, 5) is 0.0882. The Hall–Kier alpha value is -1.46. The van der Waals surface area contributed by atoms with Crippen LogP contribution in [0, 0.1) is 0 Å². The maximum Gasteiger partial charge on any atom is 0.263 e. The van der Waals surface area contributed by atoms with Crippen LogP contribution >= 0.6 is 10.7 Å². The lowest BCUT2D eigenvalue weighted by atomic mass is 10.2. The Balaban J connectivity index is 2.63. The monoisotopic (exact) mass is 313 g/mol. The van der Waals surface area contributed by atoms with Crippen LogP contribution in [0.5, 0.6) is 5.75 Å². The molecule has 0 bridgehead atoms. The van der Waals surface area contributed by atoms with Crippen LogP contribution in [0.4, 0.5) is 0 Å². The Labute approximate surface area is 123 Å². The molecule has 0 spiro atoms. The Morgan fingerprint density at radius 3 is 2.80 bits per heavy atom. The molecular formula is C14H16ClNO3S. The summed E-state index contributed by atoms with van der Waals surface area (Å²) >= 11 is 0. The molecule has 2 aromatic rings. The zero-order valence-electron chi connectivity index (χ0n) is 11.2. The molecule has 1 aromatic carbocycles. The van der Waals surface area contributed by atoms with Gasteiger partial charge in [-0.1, -0.05) is 12.1 Å². The SMILES string of the molecule is C=CCCCn1cc(S(=O)(=O)Cl)c2c(OC)cccc21. The highest BCUT2D eigenvalue weighted by Gasteiger charge is 2.21. The predicted octanol–water partition coefficient (Wildman–Crippen LogP) is 3.54. The van der Waals surface area contributed by atoms with E-state index in [1.165, 1.54) is 7.11 Å². The van der Waals surface area contributed by atoms with Gasteiger partial charge in [0.2, 0.25) is 0 Å². The van der Waals surface area contributed by atoms with Gasteiger partial charge in [0.25, 0.3) is 9.05 Å². The number of fused-ring (bicyclic) bond motifs is 1.